The van der Waals surface area contributed by atoms with Crippen molar-refractivity contribution >= 4 is 0 Å². The minimum atomic E-state index is -0.520. The molecule has 11 heavy (non-hydrogen) atoms. The van der Waals surface area contributed by atoms with E-state index in [0.717, 1.165) is 12.8 Å². The molecule has 1 rings (SSSR count). The molecule has 0 aromatic carbocycles. The van der Waals surface area contributed by atoms with Crippen molar-refractivity contribution in [3.05, 3.63) is 0 Å². The molecule has 0 radical (unpaired) electrons. The Morgan fingerprint density at radius 1 is 1.09 bits per heavy atom. The number of hydrogen-bond acceptors (Lipinski definition) is 0. The zero-order chi connectivity index (χ0) is 8.85. The molecule has 0 aromatic heterocycles. The Bertz CT molecular complexity index is 90.9. The zero-order valence-electron chi connectivity index (χ0n) is 8.23. The molecule has 0 saturated heterocycles. The zero-order valence-corrected chi connectivity index (χ0v) is 8.23. The monoisotopic (exact) mass is 160 g/mol. The molecule has 1 fully saturated rings. The summed E-state index contributed by atoms with van der Waals surface area (Å²) in [7, 11) is 0. The predicted octanol–water partition coefficient (Wildman–Crippen LogP) is 3.81. The van der Waals surface area contributed by atoms with Gasteiger partial charge in [-0.05, 0) is 24.7 Å². The van der Waals surface area contributed by atoms with Gasteiger partial charge in [0.2, 0.25) is 0 Å². The molecule has 0 N–H and O–H groups in total. The third-order valence-corrected chi connectivity index (χ3v) is 2.36. The molecule has 0 spiro atoms. The van der Waals surface area contributed by atoms with E-state index in [1.165, 1.54) is 6.42 Å². The van der Waals surface area contributed by atoms with Gasteiger partial charge in [0.15, 0.2) is 0 Å². The maximum atomic E-state index is 12.8. The first-order valence-corrected chi connectivity index (χ1v) is 4.84. The van der Waals surface area contributed by atoms with Crippen LogP contribution in [0.25, 0.3) is 0 Å². The van der Waals surface area contributed by atoms with Gasteiger partial charge in [-0.2, -0.15) is 0 Å². The van der Waals surface area contributed by atoms with Crippen LogP contribution in [0.5, 0.6) is 0 Å². The van der Waals surface area contributed by atoms with Crippen LogP contribution in [0, 0.1) is 11.8 Å². The third kappa shape index (κ3) is 3.74. The van der Waals surface area contributed by atoms with Crippen LogP contribution in [-0.4, -0.2) is 6.17 Å². The van der Waals surface area contributed by atoms with E-state index in [0.29, 0.717) is 11.8 Å². The van der Waals surface area contributed by atoms with Gasteiger partial charge in [-0.1, -0.05) is 34.1 Å². The highest BCUT2D eigenvalue weighted by atomic mass is 19.1. The number of rotatable bonds is 0. The summed E-state index contributed by atoms with van der Waals surface area (Å²) in [6.07, 6.45) is 2.58. The maximum Gasteiger partial charge on any atom is 0.103 e. The summed E-state index contributed by atoms with van der Waals surface area (Å²) in [5.41, 5.74) is 0. The van der Waals surface area contributed by atoms with Crippen molar-refractivity contribution in [1.82, 2.24) is 0 Å². The second-order valence-electron chi connectivity index (χ2n) is 3.41. The summed E-state index contributed by atoms with van der Waals surface area (Å²) in [6.45, 7) is 8.15. The fourth-order valence-electron chi connectivity index (χ4n) is 1.46. The van der Waals surface area contributed by atoms with Gasteiger partial charge >= 0.3 is 0 Å². The molecule has 1 saturated carbocycles. The Morgan fingerprint density at radius 3 is 2.00 bits per heavy atom. The summed E-state index contributed by atoms with van der Waals surface area (Å²) in [6, 6.07) is 0. The number of halogens is 1. The summed E-state index contributed by atoms with van der Waals surface area (Å²) >= 11 is 0. The standard InChI is InChI=1S/C8H15F.C2H6/c1-6-3-4-7(2)8(9)5-6;1-2/h6-8H,3-5H2,1-2H3;1-2H3. The van der Waals surface area contributed by atoms with Crippen molar-refractivity contribution in [2.24, 2.45) is 11.8 Å². The Morgan fingerprint density at radius 2 is 1.64 bits per heavy atom. The highest BCUT2D eigenvalue weighted by molar-refractivity contribution is 4.74. The lowest BCUT2D eigenvalue weighted by atomic mass is 9.83. The largest absolute Gasteiger partial charge is 0.247 e. The molecule has 0 heterocycles. The molecule has 3 atom stereocenters. The average molecular weight is 160 g/mol. The second kappa shape index (κ2) is 5.56. The van der Waals surface area contributed by atoms with Gasteiger partial charge in [-0.3, -0.25) is 0 Å². The molecule has 3 unspecified atom stereocenters. The molecule has 1 heteroatoms. The quantitative estimate of drug-likeness (QED) is 0.505. The van der Waals surface area contributed by atoms with Crippen LogP contribution in [-0.2, 0) is 0 Å². The Labute approximate surface area is 70.2 Å². The predicted molar refractivity (Wildman–Crippen MR) is 48.4 cm³/mol. The van der Waals surface area contributed by atoms with Crippen LogP contribution in [0.2, 0.25) is 0 Å². The van der Waals surface area contributed by atoms with E-state index in [1.54, 1.807) is 0 Å². The molecule has 1 aliphatic carbocycles. The van der Waals surface area contributed by atoms with Crippen LogP contribution in [0.1, 0.15) is 47.0 Å². The third-order valence-electron chi connectivity index (χ3n) is 2.36. The normalized spacial score (nSPS) is 37.4. The average Bonchev–Trinajstić information content (AvgIpc) is 2.02. The minimum Gasteiger partial charge on any atom is -0.247 e. The summed E-state index contributed by atoms with van der Waals surface area (Å²) in [5.74, 6) is 0.942. The number of alkyl halides is 1. The molecule has 0 amide bonds. The van der Waals surface area contributed by atoms with Gasteiger partial charge in [0.05, 0.1) is 0 Å². The van der Waals surface area contributed by atoms with Crippen LogP contribution in [0.15, 0.2) is 0 Å². The minimum absolute atomic E-state index is 0.321. The van der Waals surface area contributed by atoms with Crippen LogP contribution in [0.3, 0.4) is 0 Å². The lowest BCUT2D eigenvalue weighted by molar-refractivity contribution is 0.145. The fourth-order valence-corrected chi connectivity index (χ4v) is 1.46. The maximum absolute atomic E-state index is 12.8. The lowest BCUT2D eigenvalue weighted by Gasteiger charge is -2.26. The summed E-state index contributed by atoms with van der Waals surface area (Å²) in [4.78, 5) is 0. The smallest absolute Gasteiger partial charge is 0.103 e. The molecule has 0 nitrogen and oxygen atoms in total. The summed E-state index contributed by atoms with van der Waals surface area (Å²) < 4.78 is 12.8. The van der Waals surface area contributed by atoms with Crippen molar-refractivity contribution in [2.45, 2.75) is 53.1 Å². The molecule has 0 aliphatic heterocycles. The van der Waals surface area contributed by atoms with Gasteiger partial charge in [0, 0.05) is 0 Å². The van der Waals surface area contributed by atoms with Gasteiger partial charge in [0.1, 0.15) is 6.17 Å². The molecule has 68 valence electrons. The molecule has 0 bridgehead atoms. The van der Waals surface area contributed by atoms with Gasteiger partial charge in [-0.25, -0.2) is 4.39 Å². The van der Waals surface area contributed by atoms with E-state index in [-0.39, 0.29) is 0 Å². The van der Waals surface area contributed by atoms with Crippen molar-refractivity contribution in [3.8, 4) is 0 Å². The topological polar surface area (TPSA) is 0 Å². The summed E-state index contributed by atoms with van der Waals surface area (Å²) in [5, 5.41) is 0. The van der Waals surface area contributed by atoms with Crippen LogP contribution < -0.4 is 0 Å². The van der Waals surface area contributed by atoms with Crippen molar-refractivity contribution in [3.63, 3.8) is 0 Å². The number of hydrogen-bond donors (Lipinski definition) is 0. The first-order chi connectivity index (χ1) is 5.20. The molecular weight excluding hydrogens is 139 g/mol. The van der Waals surface area contributed by atoms with E-state index in [2.05, 4.69) is 6.92 Å². The van der Waals surface area contributed by atoms with Crippen LogP contribution in [0.4, 0.5) is 4.39 Å². The Hall–Kier alpha value is -0.0700. The van der Waals surface area contributed by atoms with Gasteiger partial charge < -0.3 is 0 Å². The molecular formula is C10H21F. The van der Waals surface area contributed by atoms with Crippen molar-refractivity contribution < 1.29 is 4.39 Å². The Kier molecular flexibility index (Phi) is 5.53. The molecule has 0 aromatic rings. The highest BCUT2D eigenvalue weighted by Crippen LogP contribution is 2.30. The van der Waals surface area contributed by atoms with E-state index in [4.69, 9.17) is 0 Å². The molecule has 1 aliphatic rings. The van der Waals surface area contributed by atoms with Crippen molar-refractivity contribution in [1.29, 1.82) is 0 Å². The van der Waals surface area contributed by atoms with Gasteiger partial charge in [-0.15, -0.1) is 0 Å². The Balaban J connectivity index is 0.000000461. The SMILES string of the molecule is CC.CC1CCC(C)C(F)C1. The van der Waals surface area contributed by atoms with E-state index >= 15 is 0 Å². The van der Waals surface area contributed by atoms with E-state index < -0.39 is 6.17 Å². The fraction of sp³-hybridized carbons (Fsp3) is 1.00. The van der Waals surface area contributed by atoms with E-state index in [9.17, 15) is 4.39 Å². The van der Waals surface area contributed by atoms with Crippen molar-refractivity contribution in [2.75, 3.05) is 0 Å². The second-order valence-corrected chi connectivity index (χ2v) is 3.41. The first-order valence-electron chi connectivity index (χ1n) is 4.84. The van der Waals surface area contributed by atoms with Gasteiger partial charge in [0.25, 0.3) is 0 Å². The highest BCUT2D eigenvalue weighted by Gasteiger charge is 2.24. The lowest BCUT2D eigenvalue weighted by Crippen LogP contribution is -2.22. The van der Waals surface area contributed by atoms with E-state index in [1.807, 2.05) is 20.8 Å². The first kappa shape index (κ1) is 10.9. The van der Waals surface area contributed by atoms with Crippen LogP contribution >= 0.6 is 0 Å².